The maximum absolute atomic E-state index is 13.3. The van der Waals surface area contributed by atoms with Crippen LogP contribution in [-0.4, -0.2) is 38.4 Å². The predicted molar refractivity (Wildman–Crippen MR) is 150 cm³/mol. The van der Waals surface area contributed by atoms with Gasteiger partial charge in [-0.15, -0.1) is 11.8 Å². The standard InChI is InChI=1S/C27H29N3O6S3/c1-35-19-10-5-15(12-20(19)36-2)23-22-14-3-4-16(11-14)24(22)37-26-25(23)38-27(32)30(26)13-21(31)29-17-6-8-18(9-7-17)39(28,33)34/h5-10,12,14,16,22-24H,3-4,11,13H2,1-2H3,(H,29,31)(H2,28,33,34)/t14?,16?,22?,23-,24?/m1/s1. The molecule has 0 saturated heterocycles. The fourth-order valence-electron chi connectivity index (χ4n) is 6.58. The van der Waals surface area contributed by atoms with E-state index < -0.39 is 10.0 Å². The van der Waals surface area contributed by atoms with Gasteiger partial charge in [0, 0.05) is 21.7 Å². The van der Waals surface area contributed by atoms with Crippen molar-refractivity contribution in [2.75, 3.05) is 19.5 Å². The summed E-state index contributed by atoms with van der Waals surface area (Å²) in [6.07, 6.45) is 3.63. The SMILES string of the molecule is COc1ccc([C@H]2c3sc(=O)n(CC(=O)Nc4ccc(S(N)(=O)=O)cc4)c3SC3C4CCC(C4)C32)cc1OC. The van der Waals surface area contributed by atoms with Gasteiger partial charge in [-0.25, -0.2) is 13.6 Å². The molecule has 1 aliphatic heterocycles. The number of fused-ring (bicyclic) bond motifs is 6. The zero-order chi connectivity index (χ0) is 27.5. The van der Waals surface area contributed by atoms with Crippen LogP contribution >= 0.6 is 23.1 Å². The van der Waals surface area contributed by atoms with E-state index in [9.17, 15) is 18.0 Å². The molecular weight excluding hydrogens is 559 g/mol. The highest BCUT2D eigenvalue weighted by atomic mass is 32.2. The summed E-state index contributed by atoms with van der Waals surface area (Å²) in [5.41, 5.74) is 1.53. The number of nitrogens with zero attached hydrogens (tertiary/aromatic N) is 1. The Morgan fingerprint density at radius 1 is 1.08 bits per heavy atom. The molecule has 2 bridgehead atoms. The first kappa shape index (κ1) is 26.4. The molecule has 3 N–H and O–H groups in total. The van der Waals surface area contributed by atoms with Gasteiger partial charge in [-0.05, 0) is 79.0 Å². The average molecular weight is 588 g/mol. The summed E-state index contributed by atoms with van der Waals surface area (Å²) in [5.74, 6) is 2.67. The Labute approximate surface area is 234 Å². The number of methoxy groups -OCH3 is 2. The maximum atomic E-state index is 13.3. The highest BCUT2D eigenvalue weighted by Crippen LogP contribution is 2.64. The number of anilines is 1. The van der Waals surface area contributed by atoms with Gasteiger partial charge in [-0.2, -0.15) is 0 Å². The zero-order valence-electron chi connectivity index (χ0n) is 21.5. The summed E-state index contributed by atoms with van der Waals surface area (Å²) < 4.78 is 35.7. The zero-order valence-corrected chi connectivity index (χ0v) is 23.9. The van der Waals surface area contributed by atoms with Gasteiger partial charge in [0.2, 0.25) is 15.9 Å². The van der Waals surface area contributed by atoms with Gasteiger partial charge in [-0.1, -0.05) is 17.4 Å². The third-order valence-electron chi connectivity index (χ3n) is 8.23. The number of sulfonamides is 1. The van der Waals surface area contributed by atoms with Crippen molar-refractivity contribution in [3.63, 3.8) is 0 Å². The summed E-state index contributed by atoms with van der Waals surface area (Å²) in [4.78, 5) is 27.1. The monoisotopic (exact) mass is 587 g/mol. The highest BCUT2D eigenvalue weighted by Gasteiger charge is 2.55. The fourth-order valence-corrected chi connectivity index (χ4v) is 10.2. The van der Waals surface area contributed by atoms with E-state index >= 15 is 0 Å². The minimum atomic E-state index is -3.83. The van der Waals surface area contributed by atoms with Crippen LogP contribution in [0.3, 0.4) is 0 Å². The minimum absolute atomic E-state index is 0.0401. The molecule has 206 valence electrons. The molecule has 5 atom stereocenters. The van der Waals surface area contributed by atoms with Crippen LogP contribution in [0.4, 0.5) is 5.69 Å². The number of hydrogen-bond donors (Lipinski definition) is 2. The number of carbonyl (C=O) groups excluding carboxylic acids is 1. The van der Waals surface area contributed by atoms with Gasteiger partial charge in [0.05, 0.1) is 24.1 Å². The summed E-state index contributed by atoms with van der Waals surface area (Å²) in [6.45, 7) is -0.126. The van der Waals surface area contributed by atoms with Gasteiger partial charge < -0.3 is 14.8 Å². The first-order valence-corrected chi connectivity index (χ1v) is 16.0. The lowest BCUT2D eigenvalue weighted by molar-refractivity contribution is -0.116. The fraction of sp³-hybridized carbons (Fsp3) is 0.407. The Bertz CT molecular complexity index is 1600. The largest absolute Gasteiger partial charge is 0.493 e. The Kier molecular flexibility index (Phi) is 6.77. The molecule has 39 heavy (non-hydrogen) atoms. The van der Waals surface area contributed by atoms with E-state index in [0.717, 1.165) is 15.5 Å². The molecule has 0 radical (unpaired) electrons. The number of carbonyl (C=O) groups is 1. The lowest BCUT2D eigenvalue weighted by Crippen LogP contribution is -2.34. The van der Waals surface area contributed by atoms with Gasteiger partial charge in [0.25, 0.3) is 0 Å². The second-order valence-electron chi connectivity index (χ2n) is 10.3. The number of hydrogen-bond acceptors (Lipinski definition) is 8. The van der Waals surface area contributed by atoms with E-state index in [1.54, 1.807) is 30.5 Å². The van der Waals surface area contributed by atoms with Crippen molar-refractivity contribution in [2.24, 2.45) is 22.9 Å². The Balaban J connectivity index is 1.33. The van der Waals surface area contributed by atoms with Crippen LogP contribution in [0.1, 0.15) is 35.6 Å². The topological polar surface area (TPSA) is 130 Å². The summed E-state index contributed by atoms with van der Waals surface area (Å²) in [7, 11) is -0.587. The number of nitrogens with two attached hydrogens (primary N) is 1. The third kappa shape index (κ3) is 4.66. The molecule has 3 aromatic rings. The van der Waals surface area contributed by atoms with E-state index in [-0.39, 0.29) is 28.1 Å². The lowest BCUT2D eigenvalue weighted by Gasteiger charge is -2.40. The molecule has 1 amide bonds. The molecule has 2 saturated carbocycles. The lowest BCUT2D eigenvalue weighted by atomic mass is 9.75. The van der Waals surface area contributed by atoms with E-state index in [4.69, 9.17) is 14.6 Å². The number of nitrogens with one attached hydrogen (secondary N) is 1. The number of primary sulfonamides is 1. The number of thioether (sulfide) groups is 1. The summed E-state index contributed by atoms with van der Waals surface area (Å²) in [5, 5.41) is 9.19. The smallest absolute Gasteiger partial charge is 0.308 e. The van der Waals surface area contributed by atoms with E-state index in [1.807, 2.05) is 12.1 Å². The van der Waals surface area contributed by atoms with Crippen LogP contribution in [0, 0.1) is 17.8 Å². The van der Waals surface area contributed by atoms with E-state index in [0.29, 0.717) is 40.2 Å². The highest BCUT2D eigenvalue weighted by molar-refractivity contribution is 8.00. The van der Waals surface area contributed by atoms with Crippen LogP contribution in [-0.2, 0) is 21.4 Å². The predicted octanol–water partition coefficient (Wildman–Crippen LogP) is 3.87. The van der Waals surface area contributed by atoms with Crippen LogP contribution in [0.25, 0.3) is 0 Å². The van der Waals surface area contributed by atoms with E-state index in [2.05, 4.69) is 11.4 Å². The average Bonchev–Trinajstić information content (AvgIpc) is 3.61. The molecule has 4 unspecified atom stereocenters. The number of rotatable bonds is 7. The molecule has 2 fully saturated rings. The number of thiazole rings is 1. The Morgan fingerprint density at radius 3 is 2.49 bits per heavy atom. The minimum Gasteiger partial charge on any atom is -0.493 e. The van der Waals surface area contributed by atoms with Crippen molar-refractivity contribution in [1.29, 1.82) is 0 Å². The Morgan fingerprint density at radius 2 is 1.79 bits per heavy atom. The van der Waals surface area contributed by atoms with Crippen LogP contribution in [0.5, 0.6) is 11.5 Å². The van der Waals surface area contributed by atoms with E-state index in [1.165, 1.54) is 54.9 Å². The van der Waals surface area contributed by atoms with Gasteiger partial charge in [0.15, 0.2) is 11.5 Å². The van der Waals surface area contributed by atoms with Crippen LogP contribution in [0.15, 0.2) is 57.2 Å². The third-order valence-corrected chi connectivity index (χ3v) is 12.0. The van der Waals surface area contributed by atoms with Crippen molar-refractivity contribution in [1.82, 2.24) is 4.57 Å². The molecule has 2 aromatic carbocycles. The van der Waals surface area contributed by atoms with Crippen molar-refractivity contribution in [2.45, 2.75) is 46.9 Å². The Hall–Kier alpha value is -2.80. The second kappa shape index (κ2) is 9.99. The summed E-state index contributed by atoms with van der Waals surface area (Å²) in [6, 6.07) is 11.6. The number of ether oxygens (including phenoxy) is 2. The molecule has 2 heterocycles. The quantitative estimate of drug-likeness (QED) is 0.429. The molecule has 12 heteroatoms. The maximum Gasteiger partial charge on any atom is 0.308 e. The molecule has 1 aromatic heterocycles. The molecule has 9 nitrogen and oxygen atoms in total. The first-order valence-electron chi connectivity index (χ1n) is 12.7. The first-order chi connectivity index (χ1) is 18.7. The molecule has 3 aliphatic rings. The van der Waals surface area contributed by atoms with Crippen molar-refractivity contribution in [3.05, 3.63) is 62.6 Å². The number of amides is 1. The molecule has 6 rings (SSSR count). The molecule has 2 aliphatic carbocycles. The molecular formula is C27H29N3O6S3. The van der Waals surface area contributed by atoms with Gasteiger partial charge in [0.1, 0.15) is 6.54 Å². The van der Waals surface area contributed by atoms with Gasteiger partial charge in [-0.3, -0.25) is 14.2 Å². The number of aromatic nitrogens is 1. The number of benzene rings is 2. The molecule has 0 spiro atoms. The normalized spacial score (nSPS) is 25.2. The van der Waals surface area contributed by atoms with Crippen LogP contribution < -0.4 is 24.8 Å². The van der Waals surface area contributed by atoms with Crippen LogP contribution in [0.2, 0.25) is 0 Å². The second-order valence-corrected chi connectivity index (χ2v) is 14.0. The summed E-state index contributed by atoms with van der Waals surface area (Å²) >= 11 is 2.99. The van der Waals surface area contributed by atoms with Gasteiger partial charge >= 0.3 is 4.87 Å². The van der Waals surface area contributed by atoms with Crippen molar-refractivity contribution >= 4 is 44.7 Å². The van der Waals surface area contributed by atoms with Crippen molar-refractivity contribution in [3.8, 4) is 11.5 Å². The van der Waals surface area contributed by atoms with Crippen molar-refractivity contribution < 1.29 is 22.7 Å².